The lowest BCUT2D eigenvalue weighted by Gasteiger charge is -2.12. The minimum Gasteiger partial charge on any atom is -0.488 e. The lowest BCUT2D eigenvalue weighted by molar-refractivity contribution is 0.0689. The maximum Gasteiger partial charge on any atom is 0.358 e. The van der Waals surface area contributed by atoms with E-state index >= 15 is 0 Å². The zero-order chi connectivity index (χ0) is 15.0. The van der Waals surface area contributed by atoms with Gasteiger partial charge in [0.25, 0.3) is 0 Å². The van der Waals surface area contributed by atoms with Crippen LogP contribution in [0.3, 0.4) is 0 Å². The third kappa shape index (κ3) is 2.58. The van der Waals surface area contributed by atoms with Crippen molar-refractivity contribution in [1.82, 2.24) is 15.0 Å². The largest absolute Gasteiger partial charge is 0.488 e. The second-order valence-corrected chi connectivity index (χ2v) is 5.36. The maximum atomic E-state index is 11.1. The van der Waals surface area contributed by atoms with Crippen LogP contribution in [0, 0.1) is 0 Å². The van der Waals surface area contributed by atoms with E-state index in [1.54, 1.807) is 10.7 Å². The highest BCUT2D eigenvalue weighted by molar-refractivity contribution is 6.30. The van der Waals surface area contributed by atoms with Crippen molar-refractivity contribution in [3.05, 3.63) is 40.2 Å². The number of halogens is 1. The van der Waals surface area contributed by atoms with Crippen LogP contribution in [-0.4, -0.2) is 32.2 Å². The number of fused-ring (bicyclic) bond motifs is 1. The van der Waals surface area contributed by atoms with E-state index in [1.165, 1.54) is 0 Å². The Kier molecular flexibility index (Phi) is 3.55. The first-order valence-electron chi connectivity index (χ1n) is 6.69. The molecule has 2 heterocycles. The summed E-state index contributed by atoms with van der Waals surface area (Å²) >= 11 is 5.97. The molecule has 0 saturated heterocycles. The summed E-state index contributed by atoms with van der Waals surface area (Å²) < 4.78 is 7.45. The van der Waals surface area contributed by atoms with Crippen LogP contribution in [-0.2, 0) is 19.4 Å². The summed E-state index contributed by atoms with van der Waals surface area (Å²) in [7, 11) is 0. The fraction of sp³-hybridized carbons (Fsp3) is 0.357. The molecular weight excluding hydrogens is 294 g/mol. The first-order valence-corrected chi connectivity index (χ1v) is 7.07. The normalized spacial score (nSPS) is 16.6. The number of ether oxygens (including phenoxy) is 1. The Morgan fingerprint density at radius 2 is 2.38 bits per heavy atom. The summed E-state index contributed by atoms with van der Waals surface area (Å²) in [5, 5.41) is 17.4. The van der Waals surface area contributed by atoms with Gasteiger partial charge in [-0.2, -0.15) is 0 Å². The minimum atomic E-state index is -1.06. The van der Waals surface area contributed by atoms with Gasteiger partial charge >= 0.3 is 5.97 Å². The average Bonchev–Trinajstić information content (AvgIpc) is 3.01. The zero-order valence-corrected chi connectivity index (χ0v) is 12.2. The summed E-state index contributed by atoms with van der Waals surface area (Å²) in [6, 6.07) is 5.53. The highest BCUT2D eigenvalue weighted by Crippen LogP contribution is 2.31. The van der Waals surface area contributed by atoms with Crippen LogP contribution in [0.2, 0.25) is 5.02 Å². The number of hydrogen-bond donors (Lipinski definition) is 1. The highest BCUT2D eigenvalue weighted by atomic mass is 35.5. The van der Waals surface area contributed by atoms with Crippen molar-refractivity contribution >= 4 is 17.6 Å². The second kappa shape index (κ2) is 5.37. The van der Waals surface area contributed by atoms with Crippen LogP contribution in [0.25, 0.3) is 0 Å². The molecule has 1 N–H and O–H groups in total. The molecule has 21 heavy (non-hydrogen) atoms. The number of aromatic carboxylic acids is 1. The fourth-order valence-corrected chi connectivity index (χ4v) is 2.77. The highest BCUT2D eigenvalue weighted by Gasteiger charge is 2.26. The Labute approximate surface area is 126 Å². The molecule has 1 aromatic carbocycles. The van der Waals surface area contributed by atoms with Gasteiger partial charge in [-0.25, -0.2) is 9.48 Å². The van der Waals surface area contributed by atoms with Crippen molar-refractivity contribution in [3.8, 4) is 5.75 Å². The number of carbonyl (C=O) groups is 1. The van der Waals surface area contributed by atoms with Crippen LogP contribution in [0.5, 0.6) is 5.75 Å². The second-order valence-electron chi connectivity index (χ2n) is 4.92. The van der Waals surface area contributed by atoms with Gasteiger partial charge < -0.3 is 9.84 Å². The molecule has 1 aliphatic heterocycles. The molecule has 0 fully saturated rings. The summed E-state index contributed by atoms with van der Waals surface area (Å²) in [6.45, 7) is 2.35. The van der Waals surface area contributed by atoms with Crippen molar-refractivity contribution in [3.63, 3.8) is 0 Å². The number of hydrogen-bond acceptors (Lipinski definition) is 4. The van der Waals surface area contributed by atoms with Crippen molar-refractivity contribution in [1.29, 1.82) is 0 Å². The molecule has 0 spiro atoms. The predicted molar refractivity (Wildman–Crippen MR) is 75.9 cm³/mol. The number of aromatic nitrogens is 3. The SMILES string of the molecule is CCc1c(C(=O)O)nnn1CC1Cc2cc(Cl)ccc2O1. The third-order valence-electron chi connectivity index (χ3n) is 3.52. The quantitative estimate of drug-likeness (QED) is 0.937. The van der Waals surface area contributed by atoms with E-state index in [1.807, 2.05) is 19.1 Å². The van der Waals surface area contributed by atoms with Gasteiger partial charge in [-0.15, -0.1) is 5.10 Å². The molecule has 1 aromatic heterocycles. The van der Waals surface area contributed by atoms with Gasteiger partial charge in [-0.3, -0.25) is 0 Å². The molecule has 1 aliphatic rings. The molecule has 1 unspecified atom stereocenters. The molecule has 0 saturated carbocycles. The number of carboxylic acid groups (broad SMARTS) is 1. The first-order chi connectivity index (χ1) is 10.1. The lowest BCUT2D eigenvalue weighted by atomic mass is 10.1. The summed E-state index contributed by atoms with van der Waals surface area (Å²) in [6.07, 6.45) is 1.19. The maximum absolute atomic E-state index is 11.1. The van der Waals surface area contributed by atoms with Gasteiger partial charge in [0.1, 0.15) is 11.9 Å². The predicted octanol–water partition coefficient (Wildman–Crippen LogP) is 2.20. The number of nitrogens with zero attached hydrogens (tertiary/aromatic N) is 3. The molecule has 0 bridgehead atoms. The Balaban J connectivity index is 1.79. The average molecular weight is 308 g/mol. The summed E-state index contributed by atoms with van der Waals surface area (Å²) in [5.41, 5.74) is 1.68. The van der Waals surface area contributed by atoms with Crippen molar-refractivity contribution < 1.29 is 14.6 Å². The van der Waals surface area contributed by atoms with Gasteiger partial charge in [0.15, 0.2) is 5.69 Å². The van der Waals surface area contributed by atoms with Crippen LogP contribution in [0.15, 0.2) is 18.2 Å². The van der Waals surface area contributed by atoms with E-state index in [0.29, 0.717) is 23.7 Å². The molecule has 6 nitrogen and oxygen atoms in total. The molecule has 0 radical (unpaired) electrons. The van der Waals surface area contributed by atoms with Gasteiger partial charge in [-0.1, -0.05) is 23.7 Å². The monoisotopic (exact) mass is 307 g/mol. The molecule has 0 amide bonds. The molecule has 110 valence electrons. The van der Waals surface area contributed by atoms with E-state index in [0.717, 1.165) is 17.7 Å². The van der Waals surface area contributed by atoms with Crippen molar-refractivity contribution in [2.75, 3.05) is 0 Å². The van der Waals surface area contributed by atoms with Gasteiger partial charge in [-0.05, 0) is 30.2 Å². The standard InChI is InChI=1S/C14H14ClN3O3/c1-2-11-13(14(19)20)16-17-18(11)7-10-6-8-5-9(15)3-4-12(8)21-10/h3-5,10H,2,6-7H2,1H3,(H,19,20). The Hall–Kier alpha value is -2.08. The van der Waals surface area contributed by atoms with Crippen LogP contribution < -0.4 is 4.74 Å². The summed E-state index contributed by atoms with van der Waals surface area (Å²) in [5.74, 6) is -0.235. The van der Waals surface area contributed by atoms with E-state index in [2.05, 4.69) is 10.3 Å². The number of benzene rings is 1. The number of carboxylic acids is 1. The smallest absolute Gasteiger partial charge is 0.358 e. The van der Waals surface area contributed by atoms with Crippen molar-refractivity contribution in [2.45, 2.75) is 32.4 Å². The topological polar surface area (TPSA) is 77.2 Å². The Bertz CT molecular complexity index is 699. The van der Waals surface area contributed by atoms with Crippen LogP contribution >= 0.6 is 11.6 Å². The molecule has 1 atom stereocenters. The molecule has 2 aromatic rings. The van der Waals surface area contributed by atoms with E-state index in [4.69, 9.17) is 21.4 Å². The molecule has 3 rings (SSSR count). The minimum absolute atomic E-state index is 0.0102. The van der Waals surface area contributed by atoms with Crippen molar-refractivity contribution in [2.24, 2.45) is 0 Å². The summed E-state index contributed by atoms with van der Waals surface area (Å²) in [4.78, 5) is 11.1. The van der Waals surface area contributed by atoms with Crippen LogP contribution in [0.4, 0.5) is 0 Å². The molecule has 7 heteroatoms. The Morgan fingerprint density at radius 3 is 3.10 bits per heavy atom. The number of rotatable bonds is 4. The van der Waals surface area contributed by atoms with E-state index < -0.39 is 5.97 Å². The molecule has 0 aliphatic carbocycles. The van der Waals surface area contributed by atoms with Gasteiger partial charge in [0, 0.05) is 11.4 Å². The first kappa shape index (κ1) is 13.9. The van der Waals surface area contributed by atoms with Gasteiger partial charge in [0.05, 0.1) is 12.2 Å². The third-order valence-corrected chi connectivity index (χ3v) is 3.75. The molecular formula is C14H14ClN3O3. The Morgan fingerprint density at radius 1 is 1.57 bits per heavy atom. The van der Waals surface area contributed by atoms with Crippen LogP contribution in [0.1, 0.15) is 28.7 Å². The fourth-order valence-electron chi connectivity index (χ4n) is 2.58. The van der Waals surface area contributed by atoms with E-state index in [-0.39, 0.29) is 11.8 Å². The van der Waals surface area contributed by atoms with Gasteiger partial charge in [0.2, 0.25) is 0 Å². The zero-order valence-electron chi connectivity index (χ0n) is 11.4. The lowest BCUT2D eigenvalue weighted by Crippen LogP contribution is -2.23. The van der Waals surface area contributed by atoms with E-state index in [9.17, 15) is 4.79 Å².